The van der Waals surface area contributed by atoms with Crippen LogP contribution in [-0.2, 0) is 26.2 Å². The van der Waals surface area contributed by atoms with E-state index in [4.69, 9.17) is 16.3 Å². The zero-order valence-electron chi connectivity index (χ0n) is 24.0. The summed E-state index contributed by atoms with van der Waals surface area (Å²) in [6, 6.07) is 19.4. The summed E-state index contributed by atoms with van der Waals surface area (Å²) in [6.07, 6.45) is 1.06. The monoisotopic (exact) mass is 599 g/mol. The second kappa shape index (κ2) is 14.9. The Morgan fingerprint density at radius 3 is 2.24 bits per heavy atom. The van der Waals surface area contributed by atoms with Gasteiger partial charge in [0.2, 0.25) is 11.8 Å². The molecule has 2 amide bonds. The first kappa shape index (κ1) is 32.0. The van der Waals surface area contributed by atoms with E-state index in [1.54, 1.807) is 67.6 Å². The minimum Gasteiger partial charge on any atom is -0.492 e. The van der Waals surface area contributed by atoms with E-state index in [0.29, 0.717) is 35.9 Å². The van der Waals surface area contributed by atoms with Gasteiger partial charge < -0.3 is 15.0 Å². The molecular formula is C31H38ClN3O5S. The molecule has 1 atom stereocenters. The lowest BCUT2D eigenvalue weighted by Gasteiger charge is -2.33. The quantitative estimate of drug-likeness (QED) is 0.261. The number of nitrogens with one attached hydrogen (secondary N) is 1. The van der Waals surface area contributed by atoms with E-state index in [-0.39, 0.29) is 23.0 Å². The molecule has 3 aromatic rings. The number of rotatable bonds is 14. The van der Waals surface area contributed by atoms with Crippen LogP contribution in [0, 0.1) is 6.92 Å². The van der Waals surface area contributed by atoms with Crippen LogP contribution in [-0.4, -0.2) is 50.9 Å². The Morgan fingerprint density at radius 1 is 0.951 bits per heavy atom. The van der Waals surface area contributed by atoms with Crippen molar-refractivity contribution in [2.24, 2.45) is 0 Å². The van der Waals surface area contributed by atoms with Crippen molar-refractivity contribution < 1.29 is 22.7 Å². The van der Waals surface area contributed by atoms with Crippen molar-refractivity contribution in [3.63, 3.8) is 0 Å². The van der Waals surface area contributed by atoms with E-state index in [9.17, 15) is 18.0 Å². The van der Waals surface area contributed by atoms with E-state index < -0.39 is 28.5 Å². The van der Waals surface area contributed by atoms with Gasteiger partial charge in [-0.25, -0.2) is 8.42 Å². The number of nitrogens with zero attached hydrogens (tertiary/aromatic N) is 2. The highest BCUT2D eigenvalue weighted by Crippen LogP contribution is 2.33. The van der Waals surface area contributed by atoms with Crippen LogP contribution in [0.3, 0.4) is 0 Å². The second-order valence-electron chi connectivity index (χ2n) is 9.55. The molecule has 0 saturated carbocycles. The molecule has 10 heteroatoms. The fourth-order valence-corrected chi connectivity index (χ4v) is 6.01. The van der Waals surface area contributed by atoms with Gasteiger partial charge in [0.05, 0.1) is 17.2 Å². The van der Waals surface area contributed by atoms with Crippen LogP contribution in [0.25, 0.3) is 0 Å². The van der Waals surface area contributed by atoms with Crippen LogP contribution in [0.4, 0.5) is 5.69 Å². The molecule has 0 aliphatic carbocycles. The molecule has 0 unspecified atom stereocenters. The summed E-state index contributed by atoms with van der Waals surface area (Å²) in [5.74, 6) is -0.535. The van der Waals surface area contributed by atoms with E-state index in [2.05, 4.69) is 5.32 Å². The smallest absolute Gasteiger partial charge is 0.264 e. The van der Waals surface area contributed by atoms with Gasteiger partial charge in [-0.05, 0) is 62.6 Å². The Hall–Kier alpha value is -3.56. The number of anilines is 1. The Morgan fingerprint density at radius 2 is 1.61 bits per heavy atom. The summed E-state index contributed by atoms with van der Waals surface area (Å²) in [5, 5.41) is 3.32. The highest BCUT2D eigenvalue weighted by atomic mass is 35.5. The number of aryl methyl sites for hydroxylation is 1. The SMILES string of the molecule is CCCNC(=O)[C@H](CC)N(Cc1ccccc1Cl)C(=O)CN(c1ccccc1OCC)S(=O)(=O)c1ccc(C)cc1. The Balaban J connectivity index is 2.11. The number of hydrogen-bond acceptors (Lipinski definition) is 5. The first-order valence-corrected chi connectivity index (χ1v) is 15.6. The second-order valence-corrected chi connectivity index (χ2v) is 11.8. The van der Waals surface area contributed by atoms with Crippen molar-refractivity contribution in [1.29, 1.82) is 0 Å². The van der Waals surface area contributed by atoms with Crippen LogP contribution in [0.15, 0.2) is 77.7 Å². The topological polar surface area (TPSA) is 96.0 Å². The molecule has 0 aromatic heterocycles. The van der Waals surface area contributed by atoms with Crippen molar-refractivity contribution in [1.82, 2.24) is 10.2 Å². The third kappa shape index (κ3) is 8.01. The number of sulfonamides is 1. The normalized spacial score (nSPS) is 11.9. The largest absolute Gasteiger partial charge is 0.492 e. The van der Waals surface area contributed by atoms with Gasteiger partial charge in [0.15, 0.2) is 0 Å². The molecule has 0 saturated heterocycles. The van der Waals surface area contributed by atoms with Crippen LogP contribution < -0.4 is 14.4 Å². The molecule has 0 fully saturated rings. The van der Waals surface area contributed by atoms with Crippen LogP contribution >= 0.6 is 11.6 Å². The number of para-hydroxylation sites is 2. The van der Waals surface area contributed by atoms with E-state index in [0.717, 1.165) is 16.3 Å². The first-order chi connectivity index (χ1) is 19.6. The molecule has 3 rings (SSSR count). The molecule has 220 valence electrons. The molecule has 0 aliphatic heterocycles. The van der Waals surface area contributed by atoms with Gasteiger partial charge in [-0.3, -0.25) is 13.9 Å². The third-order valence-electron chi connectivity index (χ3n) is 6.56. The van der Waals surface area contributed by atoms with E-state index in [1.807, 2.05) is 20.8 Å². The van der Waals surface area contributed by atoms with Crippen molar-refractivity contribution in [3.8, 4) is 5.75 Å². The molecule has 0 aliphatic rings. The van der Waals surface area contributed by atoms with Crippen LogP contribution in [0.1, 0.15) is 44.7 Å². The summed E-state index contributed by atoms with van der Waals surface area (Å²) in [6.45, 7) is 7.66. The lowest BCUT2D eigenvalue weighted by molar-refractivity contribution is -0.140. The third-order valence-corrected chi connectivity index (χ3v) is 8.70. The molecule has 3 aromatic carbocycles. The van der Waals surface area contributed by atoms with Gasteiger partial charge in [-0.15, -0.1) is 0 Å². The maximum atomic E-state index is 14.2. The molecule has 0 radical (unpaired) electrons. The summed E-state index contributed by atoms with van der Waals surface area (Å²) in [7, 11) is -4.21. The first-order valence-electron chi connectivity index (χ1n) is 13.8. The number of hydrogen-bond donors (Lipinski definition) is 1. The van der Waals surface area contributed by atoms with Crippen LogP contribution in [0.5, 0.6) is 5.75 Å². The summed E-state index contributed by atoms with van der Waals surface area (Å²) in [4.78, 5) is 28.8. The molecule has 0 bridgehead atoms. The summed E-state index contributed by atoms with van der Waals surface area (Å²) < 4.78 is 35.0. The lowest BCUT2D eigenvalue weighted by atomic mass is 10.1. The highest BCUT2D eigenvalue weighted by molar-refractivity contribution is 7.92. The molecule has 0 spiro atoms. The van der Waals surface area contributed by atoms with Crippen molar-refractivity contribution >= 4 is 39.1 Å². The number of ether oxygens (including phenoxy) is 1. The fourth-order valence-electron chi connectivity index (χ4n) is 4.39. The molecule has 41 heavy (non-hydrogen) atoms. The minimum atomic E-state index is -4.21. The van der Waals surface area contributed by atoms with Crippen molar-refractivity contribution in [3.05, 3.63) is 88.9 Å². The Labute approximate surface area is 248 Å². The average Bonchev–Trinajstić information content (AvgIpc) is 2.96. The van der Waals surface area contributed by atoms with Crippen LogP contribution in [0.2, 0.25) is 5.02 Å². The summed E-state index contributed by atoms with van der Waals surface area (Å²) in [5.41, 5.74) is 1.77. The maximum absolute atomic E-state index is 14.2. The zero-order chi connectivity index (χ0) is 30.0. The Bertz CT molecular complexity index is 1430. The zero-order valence-corrected chi connectivity index (χ0v) is 25.5. The number of halogens is 1. The van der Waals surface area contributed by atoms with Gasteiger partial charge in [0.1, 0.15) is 18.3 Å². The standard InChI is InChI=1S/C31H38ClN3O5S/c1-5-20-33-31(37)27(6-2)34(21-24-12-8-9-13-26(24)32)30(36)22-35(28-14-10-11-15-29(28)40-7-3)41(38,39)25-18-16-23(4)17-19-25/h8-19,27H,5-7,20-22H2,1-4H3,(H,33,37)/t27-/m0/s1. The number of benzene rings is 3. The fraction of sp³-hybridized carbons (Fsp3) is 0.355. The van der Waals surface area contributed by atoms with Gasteiger partial charge in [-0.1, -0.05) is 73.5 Å². The highest BCUT2D eigenvalue weighted by Gasteiger charge is 2.34. The Kier molecular flexibility index (Phi) is 11.6. The van der Waals surface area contributed by atoms with Crippen molar-refractivity contribution in [2.75, 3.05) is 24.0 Å². The number of carbonyl (C=O) groups is 2. The average molecular weight is 600 g/mol. The molecule has 8 nitrogen and oxygen atoms in total. The maximum Gasteiger partial charge on any atom is 0.264 e. The van der Waals surface area contributed by atoms with E-state index in [1.165, 1.54) is 17.0 Å². The van der Waals surface area contributed by atoms with Gasteiger partial charge >= 0.3 is 0 Å². The predicted molar refractivity (Wildman–Crippen MR) is 163 cm³/mol. The van der Waals surface area contributed by atoms with Gasteiger partial charge in [0.25, 0.3) is 10.0 Å². The predicted octanol–water partition coefficient (Wildman–Crippen LogP) is 5.58. The van der Waals surface area contributed by atoms with Gasteiger partial charge in [0, 0.05) is 18.1 Å². The minimum absolute atomic E-state index is 0.0298. The van der Waals surface area contributed by atoms with Crippen molar-refractivity contribution in [2.45, 2.75) is 58.0 Å². The summed E-state index contributed by atoms with van der Waals surface area (Å²) >= 11 is 6.45. The number of amides is 2. The van der Waals surface area contributed by atoms with E-state index >= 15 is 0 Å². The number of carbonyl (C=O) groups excluding carboxylic acids is 2. The molecule has 0 heterocycles. The molecular weight excluding hydrogens is 562 g/mol. The van der Waals surface area contributed by atoms with Gasteiger partial charge in [-0.2, -0.15) is 0 Å². The molecule has 1 N–H and O–H groups in total. The lowest BCUT2D eigenvalue weighted by Crippen LogP contribution is -2.52.